The van der Waals surface area contributed by atoms with Gasteiger partial charge in [-0.15, -0.1) is 0 Å². The smallest absolute Gasteiger partial charge is 0.246 e. The summed E-state index contributed by atoms with van der Waals surface area (Å²) in [6.45, 7) is 0.340. The number of nitrogens with zero attached hydrogens (tertiary/aromatic N) is 1. The topological polar surface area (TPSA) is 82.1 Å². The minimum Gasteiger partial charge on any atom is -0.497 e. The van der Waals surface area contributed by atoms with Crippen LogP contribution in [0.3, 0.4) is 0 Å². The van der Waals surface area contributed by atoms with Crippen molar-refractivity contribution in [1.82, 2.24) is 4.90 Å². The molecule has 0 unspecified atom stereocenters. The quantitative estimate of drug-likeness (QED) is 0.644. The average molecular weight is 417 g/mol. The van der Waals surface area contributed by atoms with Gasteiger partial charge in [0.15, 0.2) is 21.3 Å². The number of methoxy groups -OCH3 is 3. The normalized spacial score (nSPS) is 14.5. The SMILES string of the molecule is COc1ccc(S(=O)(=O)C2CN(C(=O)/C=C/c3ccc(OC)c(OC)c3)C2)cc1. The molecule has 2 aromatic rings. The molecular formula is C21H23NO6S. The monoisotopic (exact) mass is 417 g/mol. The van der Waals surface area contributed by atoms with Gasteiger partial charge in [-0.2, -0.15) is 0 Å². The Morgan fingerprint density at radius 1 is 0.966 bits per heavy atom. The van der Waals surface area contributed by atoms with Crippen molar-refractivity contribution in [2.75, 3.05) is 34.4 Å². The lowest BCUT2D eigenvalue weighted by molar-refractivity contribution is -0.128. The van der Waals surface area contributed by atoms with E-state index in [1.54, 1.807) is 50.6 Å². The van der Waals surface area contributed by atoms with Gasteiger partial charge in [-0.25, -0.2) is 8.42 Å². The van der Waals surface area contributed by atoms with E-state index in [4.69, 9.17) is 14.2 Å². The number of amides is 1. The van der Waals surface area contributed by atoms with Gasteiger partial charge in [-0.3, -0.25) is 4.79 Å². The molecule has 2 aromatic carbocycles. The van der Waals surface area contributed by atoms with Crippen LogP contribution in [0.15, 0.2) is 53.4 Å². The maximum atomic E-state index is 12.7. The molecule has 1 amide bonds. The van der Waals surface area contributed by atoms with Gasteiger partial charge in [0.1, 0.15) is 11.0 Å². The average Bonchev–Trinajstić information content (AvgIpc) is 2.70. The number of hydrogen-bond acceptors (Lipinski definition) is 6. The van der Waals surface area contributed by atoms with Gasteiger partial charge < -0.3 is 19.1 Å². The molecule has 1 fully saturated rings. The number of benzene rings is 2. The minimum atomic E-state index is -3.48. The minimum absolute atomic E-state index is 0.170. The van der Waals surface area contributed by atoms with E-state index in [1.165, 1.54) is 30.2 Å². The van der Waals surface area contributed by atoms with Crippen molar-refractivity contribution in [3.05, 3.63) is 54.1 Å². The molecule has 0 saturated carbocycles. The molecule has 0 N–H and O–H groups in total. The van der Waals surface area contributed by atoms with Crippen LogP contribution in [0, 0.1) is 0 Å². The number of ether oxygens (including phenoxy) is 3. The molecule has 1 heterocycles. The highest BCUT2D eigenvalue weighted by atomic mass is 32.2. The molecule has 0 bridgehead atoms. The largest absolute Gasteiger partial charge is 0.497 e. The molecule has 0 aromatic heterocycles. The zero-order valence-electron chi connectivity index (χ0n) is 16.5. The van der Waals surface area contributed by atoms with E-state index in [0.717, 1.165) is 5.56 Å². The van der Waals surface area contributed by atoms with Crippen LogP contribution in [-0.2, 0) is 14.6 Å². The molecule has 0 atom stereocenters. The van der Waals surface area contributed by atoms with E-state index in [0.29, 0.717) is 17.2 Å². The predicted molar refractivity (Wildman–Crippen MR) is 109 cm³/mol. The number of rotatable bonds is 7. The summed E-state index contributed by atoms with van der Waals surface area (Å²) in [6.07, 6.45) is 3.09. The third-order valence-electron chi connectivity index (χ3n) is 4.81. The molecule has 1 aliphatic heterocycles. The Morgan fingerprint density at radius 2 is 1.62 bits per heavy atom. The van der Waals surface area contributed by atoms with Crippen LogP contribution in [0.25, 0.3) is 6.08 Å². The van der Waals surface area contributed by atoms with Crippen molar-refractivity contribution >= 4 is 21.8 Å². The van der Waals surface area contributed by atoms with E-state index in [-0.39, 0.29) is 23.9 Å². The lowest BCUT2D eigenvalue weighted by Crippen LogP contribution is -2.56. The number of likely N-dealkylation sites (tertiary alicyclic amines) is 1. The van der Waals surface area contributed by atoms with Crippen molar-refractivity contribution in [3.8, 4) is 17.2 Å². The zero-order valence-corrected chi connectivity index (χ0v) is 17.3. The number of carbonyl (C=O) groups is 1. The molecule has 0 radical (unpaired) electrons. The van der Waals surface area contributed by atoms with E-state index in [9.17, 15) is 13.2 Å². The molecular weight excluding hydrogens is 394 g/mol. The van der Waals surface area contributed by atoms with Crippen LogP contribution in [0.4, 0.5) is 0 Å². The Bertz CT molecular complexity index is 1010. The predicted octanol–water partition coefficient (Wildman–Crippen LogP) is 2.41. The Morgan fingerprint density at radius 3 is 2.21 bits per heavy atom. The maximum Gasteiger partial charge on any atom is 0.246 e. The van der Waals surface area contributed by atoms with Gasteiger partial charge in [-0.1, -0.05) is 6.07 Å². The fourth-order valence-corrected chi connectivity index (χ4v) is 4.65. The Labute approximate surface area is 170 Å². The van der Waals surface area contributed by atoms with Gasteiger partial charge in [-0.05, 0) is 48.0 Å². The van der Waals surface area contributed by atoms with Gasteiger partial charge >= 0.3 is 0 Å². The first-order valence-electron chi connectivity index (χ1n) is 8.96. The van der Waals surface area contributed by atoms with Crippen LogP contribution in [0.2, 0.25) is 0 Å². The molecule has 1 aliphatic rings. The van der Waals surface area contributed by atoms with Gasteiger partial charge in [0.2, 0.25) is 5.91 Å². The van der Waals surface area contributed by atoms with Crippen LogP contribution in [-0.4, -0.2) is 58.9 Å². The van der Waals surface area contributed by atoms with Gasteiger partial charge in [0.05, 0.1) is 26.2 Å². The van der Waals surface area contributed by atoms with Gasteiger partial charge in [0, 0.05) is 19.2 Å². The zero-order chi connectivity index (χ0) is 21.0. The fourth-order valence-electron chi connectivity index (χ4n) is 3.00. The summed E-state index contributed by atoms with van der Waals surface area (Å²) in [6, 6.07) is 11.6. The lowest BCUT2D eigenvalue weighted by Gasteiger charge is -2.38. The van der Waals surface area contributed by atoms with Crippen molar-refractivity contribution < 1.29 is 27.4 Å². The summed E-state index contributed by atoms with van der Waals surface area (Å²) in [7, 11) is 1.14. The first-order valence-corrected chi connectivity index (χ1v) is 10.5. The Kier molecular flexibility index (Phi) is 6.12. The Hall–Kier alpha value is -3.00. The maximum absolute atomic E-state index is 12.7. The highest BCUT2D eigenvalue weighted by Gasteiger charge is 2.39. The highest BCUT2D eigenvalue weighted by molar-refractivity contribution is 7.92. The van der Waals surface area contributed by atoms with Gasteiger partial charge in [0.25, 0.3) is 0 Å². The fraction of sp³-hybridized carbons (Fsp3) is 0.286. The number of carbonyl (C=O) groups excluding carboxylic acids is 1. The molecule has 8 heteroatoms. The second kappa shape index (κ2) is 8.57. The van der Waals surface area contributed by atoms with Crippen LogP contribution in [0.1, 0.15) is 5.56 Å². The van der Waals surface area contributed by atoms with E-state index < -0.39 is 15.1 Å². The van der Waals surface area contributed by atoms with Crippen molar-refractivity contribution in [2.24, 2.45) is 0 Å². The molecule has 3 rings (SSSR count). The summed E-state index contributed by atoms with van der Waals surface area (Å²) in [4.78, 5) is 14.1. The highest BCUT2D eigenvalue weighted by Crippen LogP contribution is 2.28. The molecule has 1 saturated heterocycles. The number of sulfone groups is 1. The van der Waals surface area contributed by atoms with E-state index in [2.05, 4.69) is 0 Å². The summed E-state index contributed by atoms with van der Waals surface area (Å²) in [5, 5.41) is -0.602. The first-order chi connectivity index (χ1) is 13.9. The molecule has 0 aliphatic carbocycles. The van der Waals surface area contributed by atoms with Crippen LogP contribution < -0.4 is 14.2 Å². The van der Waals surface area contributed by atoms with Crippen LogP contribution in [0.5, 0.6) is 17.2 Å². The summed E-state index contributed by atoms with van der Waals surface area (Å²) >= 11 is 0. The second-order valence-corrected chi connectivity index (χ2v) is 8.76. The van der Waals surface area contributed by atoms with Crippen molar-refractivity contribution in [3.63, 3.8) is 0 Å². The second-order valence-electron chi connectivity index (χ2n) is 6.53. The van der Waals surface area contributed by atoms with E-state index >= 15 is 0 Å². The molecule has 0 spiro atoms. The molecule has 7 nitrogen and oxygen atoms in total. The molecule has 154 valence electrons. The van der Waals surface area contributed by atoms with Crippen molar-refractivity contribution in [1.29, 1.82) is 0 Å². The lowest BCUT2D eigenvalue weighted by atomic mass is 10.1. The number of hydrogen-bond donors (Lipinski definition) is 0. The third-order valence-corrected chi connectivity index (χ3v) is 6.92. The van der Waals surface area contributed by atoms with Crippen LogP contribution >= 0.6 is 0 Å². The van der Waals surface area contributed by atoms with E-state index in [1.807, 2.05) is 0 Å². The molecule has 29 heavy (non-hydrogen) atoms. The summed E-state index contributed by atoms with van der Waals surface area (Å²) in [5.41, 5.74) is 0.777. The third kappa shape index (κ3) is 4.37. The standard InChI is InChI=1S/C21H23NO6S/c1-26-16-6-8-17(9-7-16)29(24,25)18-13-22(14-18)21(23)11-5-15-4-10-19(27-2)20(12-15)28-3/h4-12,18H,13-14H2,1-3H3/b11-5+. The summed E-state index contributed by atoms with van der Waals surface area (Å²) in [5.74, 6) is 1.53. The summed E-state index contributed by atoms with van der Waals surface area (Å²) < 4.78 is 40.8. The van der Waals surface area contributed by atoms with Crippen molar-refractivity contribution in [2.45, 2.75) is 10.1 Å². The Balaban J connectivity index is 1.61. The first kappa shape index (κ1) is 20.7.